The van der Waals surface area contributed by atoms with E-state index in [1.54, 1.807) is 29.1 Å². The molecule has 0 radical (unpaired) electrons. The number of benzene rings is 1. The molecular weight excluding hydrogens is 244 g/mol. The Balaban J connectivity index is 1.85. The second kappa shape index (κ2) is 4.74. The molecule has 0 unspecified atom stereocenters. The summed E-state index contributed by atoms with van der Waals surface area (Å²) in [5, 5.41) is 5.61. The number of aromatic nitrogens is 2. The van der Waals surface area contributed by atoms with Gasteiger partial charge in [0.2, 0.25) is 0 Å². The quantitative estimate of drug-likeness (QED) is 0.822. The number of nitrogen functional groups attached to an aromatic ring is 1. The predicted molar refractivity (Wildman–Crippen MR) is 69.6 cm³/mol. The van der Waals surface area contributed by atoms with Gasteiger partial charge in [-0.3, -0.25) is 9.63 Å². The zero-order valence-corrected chi connectivity index (χ0v) is 10.3. The molecule has 98 valence electrons. The van der Waals surface area contributed by atoms with Crippen molar-refractivity contribution in [3.8, 4) is 5.69 Å². The molecule has 19 heavy (non-hydrogen) atoms. The van der Waals surface area contributed by atoms with Crippen molar-refractivity contribution >= 4 is 11.6 Å². The van der Waals surface area contributed by atoms with Crippen LogP contribution in [0.4, 0.5) is 5.69 Å². The molecule has 1 saturated heterocycles. The van der Waals surface area contributed by atoms with Crippen molar-refractivity contribution in [3.63, 3.8) is 0 Å². The van der Waals surface area contributed by atoms with Gasteiger partial charge >= 0.3 is 0 Å². The maximum Gasteiger partial charge on any atom is 0.297 e. The molecule has 1 aromatic heterocycles. The van der Waals surface area contributed by atoms with Crippen molar-refractivity contribution in [2.75, 3.05) is 18.9 Å². The Labute approximate surface area is 110 Å². The number of hydrogen-bond acceptors (Lipinski definition) is 4. The van der Waals surface area contributed by atoms with Gasteiger partial charge in [0.1, 0.15) is 0 Å². The fraction of sp³-hybridized carbons (Fsp3) is 0.231. The van der Waals surface area contributed by atoms with E-state index < -0.39 is 0 Å². The smallest absolute Gasteiger partial charge is 0.297 e. The van der Waals surface area contributed by atoms with Crippen LogP contribution in [0, 0.1) is 0 Å². The van der Waals surface area contributed by atoms with E-state index in [-0.39, 0.29) is 5.91 Å². The van der Waals surface area contributed by atoms with Gasteiger partial charge in [-0.2, -0.15) is 5.10 Å². The lowest BCUT2D eigenvalue weighted by Gasteiger charge is -2.11. The molecule has 6 heteroatoms. The third-order valence-corrected chi connectivity index (χ3v) is 2.92. The van der Waals surface area contributed by atoms with Gasteiger partial charge in [-0.25, -0.2) is 9.75 Å². The summed E-state index contributed by atoms with van der Waals surface area (Å²) in [5.41, 5.74) is 7.57. The number of amides is 1. The number of carbonyl (C=O) groups excluding carboxylic acids is 1. The minimum atomic E-state index is -0.208. The van der Waals surface area contributed by atoms with Crippen LogP contribution >= 0.6 is 0 Å². The van der Waals surface area contributed by atoms with Crippen molar-refractivity contribution < 1.29 is 9.63 Å². The normalized spacial score (nSPS) is 14.8. The van der Waals surface area contributed by atoms with Crippen LogP contribution in [0.15, 0.2) is 36.5 Å². The number of nitrogens with zero attached hydrogens (tertiary/aromatic N) is 3. The number of nitrogens with two attached hydrogens (primary N) is 1. The summed E-state index contributed by atoms with van der Waals surface area (Å²) in [7, 11) is 0. The van der Waals surface area contributed by atoms with Crippen LogP contribution in [0.1, 0.15) is 16.9 Å². The number of carbonyl (C=O) groups is 1. The van der Waals surface area contributed by atoms with Crippen molar-refractivity contribution in [1.29, 1.82) is 0 Å². The standard InChI is InChI=1S/C13H14N4O2/c14-10-3-1-4-11(9-10)16-7-5-12(15-16)13(18)17-6-2-8-19-17/h1,3-5,7,9H,2,6,8,14H2. The first kappa shape index (κ1) is 11.7. The van der Waals surface area contributed by atoms with Crippen molar-refractivity contribution in [1.82, 2.24) is 14.8 Å². The molecular formula is C13H14N4O2. The van der Waals surface area contributed by atoms with Crippen molar-refractivity contribution in [2.24, 2.45) is 0 Å². The summed E-state index contributed by atoms with van der Waals surface area (Å²) in [6.07, 6.45) is 2.60. The third-order valence-electron chi connectivity index (χ3n) is 2.92. The lowest BCUT2D eigenvalue weighted by Crippen LogP contribution is -2.26. The molecule has 1 aliphatic heterocycles. The van der Waals surface area contributed by atoms with E-state index in [0.717, 1.165) is 12.1 Å². The lowest BCUT2D eigenvalue weighted by molar-refractivity contribution is -0.0772. The second-order valence-electron chi connectivity index (χ2n) is 4.33. The lowest BCUT2D eigenvalue weighted by atomic mass is 10.3. The number of rotatable bonds is 2. The van der Waals surface area contributed by atoms with E-state index in [4.69, 9.17) is 10.6 Å². The van der Waals surface area contributed by atoms with Gasteiger partial charge in [-0.15, -0.1) is 0 Å². The van der Waals surface area contributed by atoms with E-state index in [1.165, 1.54) is 5.06 Å². The van der Waals surface area contributed by atoms with Crippen LogP contribution in [-0.2, 0) is 4.84 Å². The highest BCUT2D eigenvalue weighted by atomic mass is 16.7. The van der Waals surface area contributed by atoms with E-state index in [1.807, 2.05) is 12.1 Å². The zero-order chi connectivity index (χ0) is 13.2. The minimum Gasteiger partial charge on any atom is -0.399 e. The summed E-state index contributed by atoms with van der Waals surface area (Å²) in [6.45, 7) is 1.20. The molecule has 1 fully saturated rings. The molecule has 1 amide bonds. The molecule has 2 heterocycles. The first-order valence-corrected chi connectivity index (χ1v) is 6.10. The van der Waals surface area contributed by atoms with Crippen LogP contribution in [0.5, 0.6) is 0 Å². The Hall–Kier alpha value is -2.34. The summed E-state index contributed by atoms with van der Waals surface area (Å²) in [4.78, 5) is 17.3. The van der Waals surface area contributed by atoms with E-state index in [9.17, 15) is 4.79 Å². The highest BCUT2D eigenvalue weighted by molar-refractivity contribution is 5.91. The summed E-state index contributed by atoms with van der Waals surface area (Å²) < 4.78 is 1.62. The fourth-order valence-electron chi connectivity index (χ4n) is 1.98. The second-order valence-corrected chi connectivity index (χ2v) is 4.33. The van der Waals surface area contributed by atoms with Crippen LogP contribution in [-0.4, -0.2) is 33.9 Å². The molecule has 0 aliphatic carbocycles. The summed E-state index contributed by atoms with van der Waals surface area (Å²) in [5.74, 6) is -0.208. The van der Waals surface area contributed by atoms with E-state index in [2.05, 4.69) is 5.10 Å². The topological polar surface area (TPSA) is 73.4 Å². The average molecular weight is 258 g/mol. The van der Waals surface area contributed by atoms with E-state index >= 15 is 0 Å². The van der Waals surface area contributed by atoms with Gasteiger partial charge in [0.15, 0.2) is 5.69 Å². The highest BCUT2D eigenvalue weighted by Crippen LogP contribution is 2.14. The molecule has 2 aromatic rings. The Morgan fingerprint density at radius 2 is 2.26 bits per heavy atom. The van der Waals surface area contributed by atoms with Gasteiger partial charge in [0.05, 0.1) is 18.8 Å². The maximum absolute atomic E-state index is 12.1. The Bertz CT molecular complexity index is 602. The molecule has 0 spiro atoms. The molecule has 3 rings (SSSR count). The Morgan fingerprint density at radius 3 is 3.00 bits per heavy atom. The van der Waals surface area contributed by atoms with Crippen LogP contribution in [0.25, 0.3) is 5.69 Å². The van der Waals surface area contributed by atoms with Gasteiger partial charge in [-0.05, 0) is 30.7 Å². The molecule has 6 nitrogen and oxygen atoms in total. The van der Waals surface area contributed by atoms with Crippen molar-refractivity contribution in [3.05, 3.63) is 42.2 Å². The van der Waals surface area contributed by atoms with Crippen LogP contribution in [0.3, 0.4) is 0 Å². The molecule has 0 bridgehead atoms. The average Bonchev–Trinajstić information content (AvgIpc) is 3.10. The highest BCUT2D eigenvalue weighted by Gasteiger charge is 2.22. The molecule has 1 aromatic carbocycles. The number of anilines is 1. The first-order valence-electron chi connectivity index (χ1n) is 6.10. The Kier molecular flexibility index (Phi) is 2.92. The minimum absolute atomic E-state index is 0.208. The number of hydrogen-bond donors (Lipinski definition) is 1. The van der Waals surface area contributed by atoms with Gasteiger partial charge in [0, 0.05) is 11.9 Å². The van der Waals surface area contributed by atoms with Gasteiger partial charge < -0.3 is 5.73 Å². The fourth-order valence-corrected chi connectivity index (χ4v) is 1.98. The van der Waals surface area contributed by atoms with Crippen molar-refractivity contribution in [2.45, 2.75) is 6.42 Å². The summed E-state index contributed by atoms with van der Waals surface area (Å²) >= 11 is 0. The van der Waals surface area contributed by atoms with E-state index in [0.29, 0.717) is 24.5 Å². The SMILES string of the molecule is Nc1cccc(-n2ccc(C(=O)N3CCCO3)n2)c1. The van der Waals surface area contributed by atoms with Gasteiger partial charge in [-0.1, -0.05) is 6.07 Å². The summed E-state index contributed by atoms with van der Waals surface area (Å²) in [6, 6.07) is 9.00. The largest absolute Gasteiger partial charge is 0.399 e. The molecule has 0 atom stereocenters. The van der Waals surface area contributed by atoms with Crippen LogP contribution in [0.2, 0.25) is 0 Å². The predicted octanol–water partition coefficient (Wildman–Crippen LogP) is 1.23. The maximum atomic E-state index is 12.1. The monoisotopic (exact) mass is 258 g/mol. The molecule has 1 aliphatic rings. The Morgan fingerprint density at radius 1 is 1.37 bits per heavy atom. The third kappa shape index (κ3) is 2.30. The first-order chi connectivity index (χ1) is 9.24. The molecule has 2 N–H and O–H groups in total. The number of hydroxylamine groups is 2. The van der Waals surface area contributed by atoms with Crippen LogP contribution < -0.4 is 5.73 Å². The molecule has 0 saturated carbocycles. The van der Waals surface area contributed by atoms with Gasteiger partial charge in [0.25, 0.3) is 5.91 Å². The zero-order valence-electron chi connectivity index (χ0n) is 10.3.